The molecular formula is C26H25BrN2O7. The van der Waals surface area contributed by atoms with Gasteiger partial charge in [-0.15, -0.1) is 0 Å². The minimum Gasteiger partial charge on any atom is -0.491 e. The van der Waals surface area contributed by atoms with Crippen LogP contribution in [-0.2, 0) is 9.53 Å². The molecule has 4 N–H and O–H groups in total. The number of aliphatic hydroxyl groups excluding tert-OH is 1. The van der Waals surface area contributed by atoms with Crippen molar-refractivity contribution in [1.82, 2.24) is 5.48 Å². The van der Waals surface area contributed by atoms with Gasteiger partial charge in [-0.25, -0.2) is 10.3 Å². The van der Waals surface area contributed by atoms with E-state index in [4.69, 9.17) is 24.5 Å². The van der Waals surface area contributed by atoms with E-state index in [0.717, 1.165) is 10.5 Å². The summed E-state index contributed by atoms with van der Waals surface area (Å²) in [6, 6.07) is 22.5. The van der Waals surface area contributed by atoms with E-state index < -0.39 is 24.2 Å². The first-order valence-electron chi connectivity index (χ1n) is 10.9. The SMILES string of the molecule is O=C(/C=C/[C@H](Oc1ccccc1)[C@@H](OC(=O)Nc1ccc(Br)cc1)c1ccc(OCCO)cc1)NO. The Morgan fingerprint density at radius 2 is 1.64 bits per heavy atom. The second-order valence-corrected chi connectivity index (χ2v) is 8.25. The van der Waals surface area contributed by atoms with Gasteiger partial charge in [-0.2, -0.15) is 0 Å². The third kappa shape index (κ3) is 8.42. The van der Waals surface area contributed by atoms with Crippen molar-refractivity contribution in [3.05, 3.63) is 101 Å². The predicted octanol–water partition coefficient (Wildman–Crippen LogP) is 4.62. The number of carbonyl (C=O) groups is 2. The minimum atomic E-state index is -1.00. The van der Waals surface area contributed by atoms with Crippen LogP contribution in [0.3, 0.4) is 0 Å². The monoisotopic (exact) mass is 556 g/mol. The Morgan fingerprint density at radius 3 is 2.28 bits per heavy atom. The van der Waals surface area contributed by atoms with Gasteiger partial charge in [0.1, 0.15) is 18.1 Å². The van der Waals surface area contributed by atoms with Gasteiger partial charge < -0.3 is 19.3 Å². The molecule has 0 spiro atoms. The fourth-order valence-electron chi connectivity index (χ4n) is 3.12. The molecule has 10 heteroatoms. The molecule has 0 unspecified atom stereocenters. The fourth-order valence-corrected chi connectivity index (χ4v) is 3.38. The topological polar surface area (TPSA) is 126 Å². The largest absolute Gasteiger partial charge is 0.491 e. The maximum atomic E-state index is 12.8. The Morgan fingerprint density at radius 1 is 0.944 bits per heavy atom. The third-order valence-corrected chi connectivity index (χ3v) is 5.28. The van der Waals surface area contributed by atoms with Gasteiger partial charge in [0.15, 0.2) is 12.2 Å². The molecule has 0 fully saturated rings. The van der Waals surface area contributed by atoms with Gasteiger partial charge in [-0.3, -0.25) is 15.3 Å². The quantitative estimate of drug-likeness (QED) is 0.154. The smallest absolute Gasteiger partial charge is 0.412 e. The van der Waals surface area contributed by atoms with E-state index in [2.05, 4.69) is 21.2 Å². The molecule has 2 amide bonds. The highest BCUT2D eigenvalue weighted by Gasteiger charge is 2.28. The molecule has 3 rings (SSSR count). The number of benzene rings is 3. The van der Waals surface area contributed by atoms with Crippen LogP contribution in [0.1, 0.15) is 11.7 Å². The van der Waals surface area contributed by atoms with Crippen molar-refractivity contribution in [3.8, 4) is 11.5 Å². The Bertz CT molecular complexity index is 1140. The van der Waals surface area contributed by atoms with Gasteiger partial charge in [0.2, 0.25) is 0 Å². The Kier molecular flexibility index (Phi) is 10.3. The molecule has 0 aromatic heterocycles. The van der Waals surface area contributed by atoms with Crippen LogP contribution in [0.2, 0.25) is 0 Å². The number of hydrogen-bond acceptors (Lipinski definition) is 7. The summed E-state index contributed by atoms with van der Waals surface area (Å²) in [7, 11) is 0. The first-order chi connectivity index (χ1) is 17.5. The van der Waals surface area contributed by atoms with E-state index in [1.165, 1.54) is 11.6 Å². The molecule has 0 aliphatic rings. The number of halogens is 1. The van der Waals surface area contributed by atoms with E-state index in [0.29, 0.717) is 22.7 Å². The van der Waals surface area contributed by atoms with Crippen LogP contribution >= 0.6 is 15.9 Å². The molecule has 3 aromatic rings. The van der Waals surface area contributed by atoms with Crippen LogP contribution in [0.25, 0.3) is 0 Å². The summed E-state index contributed by atoms with van der Waals surface area (Å²) in [6.07, 6.45) is -0.244. The van der Waals surface area contributed by atoms with Crippen molar-refractivity contribution in [2.24, 2.45) is 0 Å². The van der Waals surface area contributed by atoms with Crippen molar-refractivity contribution >= 4 is 33.6 Å². The number of hydroxylamine groups is 1. The van der Waals surface area contributed by atoms with Gasteiger partial charge in [-0.05, 0) is 60.2 Å². The van der Waals surface area contributed by atoms with Crippen LogP contribution < -0.4 is 20.3 Å². The first kappa shape index (κ1) is 26.7. The second kappa shape index (κ2) is 13.9. The zero-order valence-electron chi connectivity index (χ0n) is 19.0. The number of para-hydroxylation sites is 1. The van der Waals surface area contributed by atoms with E-state index in [1.54, 1.807) is 72.8 Å². The van der Waals surface area contributed by atoms with Gasteiger partial charge in [0, 0.05) is 16.2 Å². The van der Waals surface area contributed by atoms with E-state index in [-0.39, 0.29) is 13.2 Å². The van der Waals surface area contributed by atoms with E-state index in [1.807, 2.05) is 6.07 Å². The summed E-state index contributed by atoms with van der Waals surface area (Å²) < 4.78 is 18.1. The summed E-state index contributed by atoms with van der Waals surface area (Å²) in [5.41, 5.74) is 2.59. The lowest BCUT2D eigenvalue weighted by atomic mass is 10.0. The van der Waals surface area contributed by atoms with Crippen molar-refractivity contribution < 1.29 is 34.1 Å². The number of nitrogens with one attached hydrogen (secondary N) is 2. The highest BCUT2D eigenvalue weighted by Crippen LogP contribution is 2.29. The predicted molar refractivity (Wildman–Crippen MR) is 136 cm³/mol. The molecule has 0 aliphatic heterocycles. The highest BCUT2D eigenvalue weighted by molar-refractivity contribution is 9.10. The van der Waals surface area contributed by atoms with Crippen LogP contribution in [0.5, 0.6) is 11.5 Å². The van der Waals surface area contributed by atoms with Crippen molar-refractivity contribution in [2.75, 3.05) is 18.5 Å². The Balaban J connectivity index is 1.91. The Labute approximate surface area is 216 Å². The summed E-state index contributed by atoms with van der Waals surface area (Å²) in [5, 5.41) is 20.5. The highest BCUT2D eigenvalue weighted by atomic mass is 79.9. The summed E-state index contributed by atoms with van der Waals surface area (Å²) in [4.78, 5) is 24.5. The molecule has 3 aromatic carbocycles. The minimum absolute atomic E-state index is 0.131. The normalized spacial score (nSPS) is 12.4. The number of amides is 2. The van der Waals surface area contributed by atoms with Crippen LogP contribution in [0, 0.1) is 0 Å². The van der Waals surface area contributed by atoms with Gasteiger partial charge in [-0.1, -0.05) is 46.3 Å². The summed E-state index contributed by atoms with van der Waals surface area (Å²) in [5.74, 6) is 0.213. The molecule has 0 bridgehead atoms. The van der Waals surface area contributed by atoms with Gasteiger partial charge in [0.25, 0.3) is 5.91 Å². The number of rotatable bonds is 11. The summed E-state index contributed by atoms with van der Waals surface area (Å²) >= 11 is 3.35. The lowest BCUT2D eigenvalue weighted by Crippen LogP contribution is -2.30. The average Bonchev–Trinajstić information content (AvgIpc) is 2.90. The molecule has 0 saturated heterocycles. The fraction of sp³-hybridized carbons (Fsp3) is 0.154. The van der Waals surface area contributed by atoms with Crippen molar-refractivity contribution in [3.63, 3.8) is 0 Å². The Hall–Kier alpha value is -3.86. The lowest BCUT2D eigenvalue weighted by molar-refractivity contribution is -0.124. The number of anilines is 1. The third-order valence-electron chi connectivity index (χ3n) is 4.75. The maximum Gasteiger partial charge on any atom is 0.412 e. The van der Waals surface area contributed by atoms with Crippen molar-refractivity contribution in [1.29, 1.82) is 0 Å². The molecule has 0 aliphatic carbocycles. The van der Waals surface area contributed by atoms with Crippen molar-refractivity contribution in [2.45, 2.75) is 12.2 Å². The molecular weight excluding hydrogens is 532 g/mol. The molecule has 0 heterocycles. The maximum absolute atomic E-state index is 12.8. The molecule has 0 saturated carbocycles. The van der Waals surface area contributed by atoms with Crippen LogP contribution in [-0.4, -0.2) is 41.6 Å². The molecule has 188 valence electrons. The zero-order chi connectivity index (χ0) is 25.8. The number of carbonyl (C=O) groups excluding carboxylic acids is 2. The van der Waals surface area contributed by atoms with E-state index >= 15 is 0 Å². The molecule has 2 atom stereocenters. The summed E-state index contributed by atoms with van der Waals surface area (Å²) in [6.45, 7) is 0.00203. The molecule has 36 heavy (non-hydrogen) atoms. The van der Waals surface area contributed by atoms with Gasteiger partial charge in [0.05, 0.1) is 6.61 Å². The van der Waals surface area contributed by atoms with Gasteiger partial charge >= 0.3 is 6.09 Å². The number of hydrogen-bond donors (Lipinski definition) is 4. The molecule has 9 nitrogen and oxygen atoms in total. The number of aliphatic hydroxyl groups is 1. The average molecular weight is 557 g/mol. The van der Waals surface area contributed by atoms with Crippen LogP contribution in [0.4, 0.5) is 10.5 Å². The lowest BCUT2D eigenvalue weighted by Gasteiger charge is -2.26. The standard InChI is InChI=1S/C26H25BrN2O7/c27-19-8-10-20(11-9-19)28-26(32)36-25(18-6-12-21(13-7-18)34-17-16-30)23(14-15-24(31)29-33)35-22-4-2-1-3-5-22/h1-15,23,25,30,33H,16-17H2,(H,28,32)(H,29,31)/b15-14+/t23-,25-/m0/s1. The zero-order valence-corrected chi connectivity index (χ0v) is 20.6. The second-order valence-electron chi connectivity index (χ2n) is 7.33. The molecule has 0 radical (unpaired) electrons. The first-order valence-corrected chi connectivity index (χ1v) is 11.7. The number of ether oxygens (including phenoxy) is 3. The van der Waals surface area contributed by atoms with E-state index in [9.17, 15) is 9.59 Å². The van der Waals surface area contributed by atoms with Crippen LogP contribution in [0.15, 0.2) is 95.5 Å².